The number of hydrogen-bond donors (Lipinski definition) is 3. The van der Waals surface area contributed by atoms with Gasteiger partial charge in [0.1, 0.15) is 12.4 Å². The quantitative estimate of drug-likeness (QED) is 0.554. The van der Waals surface area contributed by atoms with Crippen LogP contribution >= 0.6 is 0 Å². The summed E-state index contributed by atoms with van der Waals surface area (Å²) in [7, 11) is 0. The molecule has 3 rings (SSSR count). The number of rotatable bonds is 5. The van der Waals surface area contributed by atoms with Gasteiger partial charge in [-0.05, 0) is 42.3 Å². The van der Waals surface area contributed by atoms with E-state index in [2.05, 4.69) is 26.1 Å². The van der Waals surface area contributed by atoms with Crippen molar-refractivity contribution >= 4 is 24.0 Å². The summed E-state index contributed by atoms with van der Waals surface area (Å²) in [6.45, 7) is 1.86. The topological polar surface area (TPSA) is 114 Å². The van der Waals surface area contributed by atoms with Crippen LogP contribution in [0.25, 0.3) is 0 Å². The van der Waals surface area contributed by atoms with Gasteiger partial charge in [-0.2, -0.15) is 5.10 Å². The number of hydrogen-bond acceptors (Lipinski definition) is 6. The van der Waals surface area contributed by atoms with Gasteiger partial charge in [-0.15, -0.1) is 0 Å². The van der Waals surface area contributed by atoms with Crippen molar-refractivity contribution in [1.82, 2.24) is 15.7 Å². The molecular formula is C17H17N5O4. The Bertz CT molecular complexity index is 836. The molecule has 0 atom stereocenters. The summed E-state index contributed by atoms with van der Waals surface area (Å²) in [5.74, 6) is 1.23. The van der Waals surface area contributed by atoms with E-state index in [4.69, 9.17) is 9.47 Å². The number of pyridine rings is 1. The number of hydrazone groups is 1. The van der Waals surface area contributed by atoms with Crippen LogP contribution in [-0.2, 0) is 4.79 Å². The molecule has 0 saturated heterocycles. The van der Waals surface area contributed by atoms with Crippen molar-refractivity contribution in [3.05, 3.63) is 47.7 Å². The summed E-state index contributed by atoms with van der Waals surface area (Å²) < 4.78 is 10.5. The highest BCUT2D eigenvalue weighted by atomic mass is 16.7. The lowest BCUT2D eigenvalue weighted by Crippen LogP contribution is -2.37. The number of urea groups is 1. The molecule has 1 aliphatic heterocycles. The first-order valence-corrected chi connectivity index (χ1v) is 7.79. The fourth-order valence-corrected chi connectivity index (χ4v) is 2.07. The van der Waals surface area contributed by atoms with E-state index in [1.54, 1.807) is 30.5 Å². The Morgan fingerprint density at radius 3 is 2.88 bits per heavy atom. The van der Waals surface area contributed by atoms with Crippen molar-refractivity contribution in [2.45, 2.75) is 6.92 Å². The van der Waals surface area contributed by atoms with Crippen LogP contribution in [0.1, 0.15) is 11.1 Å². The van der Waals surface area contributed by atoms with Crippen LogP contribution in [0.5, 0.6) is 11.5 Å². The molecule has 134 valence electrons. The summed E-state index contributed by atoms with van der Waals surface area (Å²) in [6, 6.07) is 8.25. The minimum Gasteiger partial charge on any atom is -0.454 e. The zero-order valence-corrected chi connectivity index (χ0v) is 14.0. The van der Waals surface area contributed by atoms with Crippen molar-refractivity contribution < 1.29 is 19.1 Å². The van der Waals surface area contributed by atoms with Gasteiger partial charge in [0, 0.05) is 6.20 Å². The molecule has 0 bridgehead atoms. The van der Waals surface area contributed by atoms with Crippen molar-refractivity contribution in [3.63, 3.8) is 0 Å². The van der Waals surface area contributed by atoms with Gasteiger partial charge >= 0.3 is 6.03 Å². The Hall–Kier alpha value is -3.62. The number of anilines is 1. The standard InChI is InChI=1S/C17H17N5O4/c1-11-2-5-15(18-7-11)21-17(24)19-9-16(23)22-20-8-12-3-4-13-14(6-12)26-10-25-13/h2-8H,9-10H2,1H3,(H,22,23)(H2,18,19,21,24). The zero-order chi connectivity index (χ0) is 18.4. The number of carbonyl (C=O) groups is 2. The van der Waals surface area contributed by atoms with Crippen molar-refractivity contribution in [1.29, 1.82) is 0 Å². The second-order valence-electron chi connectivity index (χ2n) is 5.43. The molecule has 26 heavy (non-hydrogen) atoms. The van der Waals surface area contributed by atoms with Crippen LogP contribution in [-0.4, -0.2) is 36.5 Å². The molecule has 0 unspecified atom stereocenters. The number of benzene rings is 1. The second kappa shape index (κ2) is 7.97. The number of nitrogens with zero attached hydrogens (tertiary/aromatic N) is 2. The van der Waals surface area contributed by atoms with Gasteiger partial charge in [-0.3, -0.25) is 10.1 Å². The number of aryl methyl sites for hydroxylation is 1. The van der Waals surface area contributed by atoms with Crippen LogP contribution in [0, 0.1) is 6.92 Å². The maximum atomic E-state index is 11.7. The van der Waals surface area contributed by atoms with Crippen molar-refractivity contribution in [2.24, 2.45) is 5.10 Å². The van der Waals surface area contributed by atoms with Crippen LogP contribution in [0.4, 0.5) is 10.6 Å². The molecule has 1 aromatic carbocycles. The van der Waals surface area contributed by atoms with Crippen LogP contribution in [0.3, 0.4) is 0 Å². The normalized spacial score (nSPS) is 12.0. The molecule has 1 aliphatic rings. The predicted octanol–water partition coefficient (Wildman–Crippen LogP) is 1.39. The number of fused-ring (bicyclic) bond motifs is 1. The highest BCUT2D eigenvalue weighted by Gasteiger charge is 2.12. The van der Waals surface area contributed by atoms with E-state index in [-0.39, 0.29) is 13.3 Å². The smallest absolute Gasteiger partial charge is 0.320 e. The molecule has 9 heteroatoms. The Morgan fingerprint density at radius 2 is 2.08 bits per heavy atom. The van der Waals surface area contributed by atoms with Crippen molar-refractivity contribution in [2.75, 3.05) is 18.7 Å². The number of amides is 3. The van der Waals surface area contributed by atoms with Gasteiger partial charge in [0.25, 0.3) is 5.91 Å². The van der Waals surface area contributed by atoms with Gasteiger partial charge in [0.05, 0.1) is 6.21 Å². The predicted molar refractivity (Wildman–Crippen MR) is 94.3 cm³/mol. The lowest BCUT2D eigenvalue weighted by atomic mass is 10.2. The molecule has 3 amide bonds. The van der Waals surface area contributed by atoms with E-state index in [0.29, 0.717) is 17.3 Å². The Kier molecular flexibility index (Phi) is 5.28. The maximum Gasteiger partial charge on any atom is 0.320 e. The first-order chi connectivity index (χ1) is 12.6. The fourth-order valence-electron chi connectivity index (χ4n) is 2.07. The van der Waals surface area contributed by atoms with E-state index in [0.717, 1.165) is 11.1 Å². The van der Waals surface area contributed by atoms with E-state index in [1.165, 1.54) is 6.21 Å². The third kappa shape index (κ3) is 4.69. The monoisotopic (exact) mass is 355 g/mol. The summed E-state index contributed by atoms with van der Waals surface area (Å²) in [4.78, 5) is 27.4. The third-order valence-corrected chi connectivity index (χ3v) is 3.36. The molecule has 2 aromatic rings. The molecule has 2 heterocycles. The SMILES string of the molecule is Cc1ccc(NC(=O)NCC(=O)NN=Cc2ccc3c(c2)OCO3)nc1. The molecule has 0 fully saturated rings. The summed E-state index contributed by atoms with van der Waals surface area (Å²) in [5, 5.41) is 8.77. The summed E-state index contributed by atoms with van der Waals surface area (Å²) in [5.41, 5.74) is 4.05. The molecule has 3 N–H and O–H groups in total. The molecule has 9 nitrogen and oxygen atoms in total. The molecule has 0 radical (unpaired) electrons. The van der Waals surface area contributed by atoms with Crippen LogP contribution in [0.15, 0.2) is 41.6 Å². The first-order valence-electron chi connectivity index (χ1n) is 7.79. The molecule has 0 aliphatic carbocycles. The van der Waals surface area contributed by atoms with Gasteiger partial charge in [0.2, 0.25) is 6.79 Å². The zero-order valence-electron chi connectivity index (χ0n) is 14.0. The molecular weight excluding hydrogens is 338 g/mol. The van der Waals surface area contributed by atoms with Gasteiger partial charge in [0.15, 0.2) is 11.5 Å². The lowest BCUT2D eigenvalue weighted by molar-refractivity contribution is -0.120. The highest BCUT2D eigenvalue weighted by Crippen LogP contribution is 2.31. The van der Waals surface area contributed by atoms with E-state index in [9.17, 15) is 9.59 Å². The van der Waals surface area contributed by atoms with E-state index in [1.807, 2.05) is 13.0 Å². The number of aromatic nitrogens is 1. The molecule has 0 saturated carbocycles. The number of nitrogens with one attached hydrogen (secondary N) is 3. The molecule has 0 spiro atoms. The van der Waals surface area contributed by atoms with Crippen molar-refractivity contribution in [3.8, 4) is 11.5 Å². The Labute approximate surface area is 149 Å². The van der Waals surface area contributed by atoms with E-state index < -0.39 is 11.9 Å². The van der Waals surface area contributed by atoms with Gasteiger partial charge in [-0.1, -0.05) is 6.07 Å². The second-order valence-corrected chi connectivity index (χ2v) is 5.43. The fraction of sp³-hybridized carbons (Fsp3) is 0.176. The number of carbonyl (C=O) groups excluding carboxylic acids is 2. The average molecular weight is 355 g/mol. The average Bonchev–Trinajstić information content (AvgIpc) is 3.10. The lowest BCUT2D eigenvalue weighted by Gasteiger charge is -2.06. The number of ether oxygens (including phenoxy) is 2. The maximum absolute atomic E-state index is 11.7. The highest BCUT2D eigenvalue weighted by molar-refractivity contribution is 5.91. The Balaban J connectivity index is 1.41. The largest absolute Gasteiger partial charge is 0.454 e. The summed E-state index contributed by atoms with van der Waals surface area (Å²) in [6.07, 6.45) is 3.10. The Morgan fingerprint density at radius 1 is 1.23 bits per heavy atom. The molecule has 1 aromatic heterocycles. The summed E-state index contributed by atoms with van der Waals surface area (Å²) >= 11 is 0. The minimum absolute atomic E-state index is 0.193. The minimum atomic E-state index is -0.531. The van der Waals surface area contributed by atoms with Crippen LogP contribution < -0.4 is 25.5 Å². The van der Waals surface area contributed by atoms with Gasteiger partial charge < -0.3 is 14.8 Å². The first kappa shape index (κ1) is 17.2. The van der Waals surface area contributed by atoms with Gasteiger partial charge in [-0.25, -0.2) is 15.2 Å². The third-order valence-electron chi connectivity index (χ3n) is 3.36. The van der Waals surface area contributed by atoms with Crippen LogP contribution in [0.2, 0.25) is 0 Å². The van der Waals surface area contributed by atoms with E-state index >= 15 is 0 Å².